The van der Waals surface area contributed by atoms with Crippen molar-refractivity contribution in [2.75, 3.05) is 6.61 Å². The number of hydrogen-bond donors (Lipinski definition) is 0. The van der Waals surface area contributed by atoms with Crippen molar-refractivity contribution in [3.05, 3.63) is 51.7 Å². The number of carbonyl (C=O) groups excluding carboxylic acids is 2. The van der Waals surface area contributed by atoms with Crippen LogP contribution >= 0.6 is 22.9 Å². The molecule has 0 radical (unpaired) electrons. The zero-order valence-electron chi connectivity index (χ0n) is 13.8. The van der Waals surface area contributed by atoms with Crippen LogP contribution in [0.1, 0.15) is 35.4 Å². The van der Waals surface area contributed by atoms with Crippen LogP contribution in [0.3, 0.4) is 0 Å². The molecule has 1 aromatic carbocycles. The maximum atomic E-state index is 13.1. The van der Waals surface area contributed by atoms with Gasteiger partial charge in [-0.15, -0.1) is 11.3 Å². The minimum absolute atomic E-state index is 0.0928. The fraction of sp³-hybridized carbons (Fsp3) is 0.333. The summed E-state index contributed by atoms with van der Waals surface area (Å²) in [4.78, 5) is 25.3. The first-order chi connectivity index (χ1) is 12.4. The van der Waals surface area contributed by atoms with E-state index in [0.29, 0.717) is 22.1 Å². The predicted octanol–water partition coefficient (Wildman–Crippen LogP) is 3.91. The van der Waals surface area contributed by atoms with Gasteiger partial charge >= 0.3 is 5.97 Å². The molecule has 138 valence electrons. The molecule has 0 aliphatic heterocycles. The molecular formula is C18H17ClO5S2. The Bertz CT molecular complexity index is 912. The molecule has 1 fully saturated rings. The number of ketones is 1. The highest BCUT2D eigenvalue weighted by atomic mass is 35.5. The molecular weight excluding hydrogens is 396 g/mol. The third-order valence-corrected chi connectivity index (χ3v) is 8.30. The van der Waals surface area contributed by atoms with E-state index < -0.39 is 32.9 Å². The van der Waals surface area contributed by atoms with Gasteiger partial charge in [-0.3, -0.25) is 9.59 Å². The summed E-state index contributed by atoms with van der Waals surface area (Å²) in [5.41, 5.74) is 0. The molecule has 8 heteroatoms. The molecule has 2 aromatic rings. The Morgan fingerprint density at radius 1 is 1.08 bits per heavy atom. The lowest BCUT2D eigenvalue weighted by Crippen LogP contribution is -2.45. The monoisotopic (exact) mass is 412 g/mol. The lowest BCUT2D eigenvalue weighted by molar-refractivity contribution is -0.145. The zero-order valence-corrected chi connectivity index (χ0v) is 16.2. The Balaban J connectivity index is 1.81. The van der Waals surface area contributed by atoms with Crippen molar-refractivity contribution in [3.63, 3.8) is 0 Å². The molecule has 3 rings (SSSR count). The summed E-state index contributed by atoms with van der Waals surface area (Å²) < 4.78 is 30.2. The van der Waals surface area contributed by atoms with E-state index in [4.69, 9.17) is 16.3 Å². The summed E-state index contributed by atoms with van der Waals surface area (Å²) in [5.74, 6) is -1.25. The van der Waals surface area contributed by atoms with E-state index in [-0.39, 0.29) is 17.7 Å². The van der Waals surface area contributed by atoms with Gasteiger partial charge in [0.05, 0.1) is 14.1 Å². The Morgan fingerprint density at radius 2 is 1.73 bits per heavy atom. The SMILES string of the molecule is O=C(COC(=O)C1(S(=O)(=O)c2ccccc2)CCCC1)c1ccc(Cl)s1. The number of benzene rings is 1. The normalized spacial score (nSPS) is 16.3. The number of halogens is 1. The molecule has 1 heterocycles. The largest absolute Gasteiger partial charge is 0.456 e. The molecule has 0 atom stereocenters. The van der Waals surface area contributed by atoms with Crippen LogP contribution < -0.4 is 0 Å². The van der Waals surface area contributed by atoms with Gasteiger partial charge in [-0.05, 0) is 37.1 Å². The van der Waals surface area contributed by atoms with E-state index in [0.717, 1.165) is 11.3 Å². The summed E-state index contributed by atoms with van der Waals surface area (Å²) in [7, 11) is -3.91. The van der Waals surface area contributed by atoms with Gasteiger partial charge in [0.25, 0.3) is 0 Å². The van der Waals surface area contributed by atoms with Gasteiger partial charge in [-0.25, -0.2) is 8.42 Å². The third-order valence-electron chi connectivity index (χ3n) is 4.53. The number of sulfone groups is 1. The van der Waals surface area contributed by atoms with Crippen molar-refractivity contribution in [3.8, 4) is 0 Å². The number of Topliss-reactive ketones (excluding diaryl/α,β-unsaturated/α-hetero) is 1. The Morgan fingerprint density at radius 3 is 2.31 bits per heavy atom. The van der Waals surface area contributed by atoms with Crippen molar-refractivity contribution in [1.29, 1.82) is 0 Å². The fourth-order valence-electron chi connectivity index (χ4n) is 3.15. The average molecular weight is 413 g/mol. The van der Waals surface area contributed by atoms with E-state index in [1.165, 1.54) is 12.1 Å². The van der Waals surface area contributed by atoms with Crippen molar-refractivity contribution in [2.24, 2.45) is 0 Å². The Labute approximate surface area is 160 Å². The van der Waals surface area contributed by atoms with E-state index in [2.05, 4.69) is 0 Å². The summed E-state index contributed by atoms with van der Waals surface area (Å²) in [5, 5.41) is 0. The van der Waals surface area contributed by atoms with Gasteiger partial charge < -0.3 is 4.74 Å². The smallest absolute Gasteiger partial charge is 0.328 e. The first kappa shape index (κ1) is 19.1. The van der Waals surface area contributed by atoms with Gasteiger partial charge in [0.15, 0.2) is 21.2 Å². The molecule has 26 heavy (non-hydrogen) atoms. The van der Waals surface area contributed by atoms with Crippen molar-refractivity contribution in [2.45, 2.75) is 35.3 Å². The van der Waals surface area contributed by atoms with Crippen LogP contribution in [0, 0.1) is 0 Å². The number of hydrogen-bond acceptors (Lipinski definition) is 6. The van der Waals surface area contributed by atoms with Crippen molar-refractivity contribution >= 4 is 44.5 Å². The molecule has 0 spiro atoms. The van der Waals surface area contributed by atoms with Gasteiger partial charge in [0.1, 0.15) is 0 Å². The van der Waals surface area contributed by atoms with Crippen LogP contribution in [0.25, 0.3) is 0 Å². The van der Waals surface area contributed by atoms with Gasteiger partial charge in [0, 0.05) is 0 Å². The molecule has 0 saturated heterocycles. The van der Waals surface area contributed by atoms with Gasteiger partial charge in [-0.2, -0.15) is 0 Å². The van der Waals surface area contributed by atoms with E-state index in [9.17, 15) is 18.0 Å². The minimum Gasteiger partial charge on any atom is -0.456 e. The first-order valence-corrected chi connectivity index (χ1v) is 10.8. The summed E-state index contributed by atoms with van der Waals surface area (Å²) in [6, 6.07) is 11.0. The topological polar surface area (TPSA) is 77.5 Å². The second kappa shape index (κ2) is 7.50. The highest BCUT2D eigenvalue weighted by Crippen LogP contribution is 2.41. The number of esters is 1. The van der Waals surface area contributed by atoms with Crippen molar-refractivity contribution < 1.29 is 22.7 Å². The first-order valence-electron chi connectivity index (χ1n) is 8.12. The second-order valence-corrected chi connectivity index (χ2v) is 10.1. The molecule has 5 nitrogen and oxygen atoms in total. The van der Waals surface area contributed by atoms with E-state index in [1.54, 1.807) is 30.3 Å². The molecule has 1 saturated carbocycles. The molecule has 1 aromatic heterocycles. The second-order valence-electron chi connectivity index (χ2n) is 6.12. The highest BCUT2D eigenvalue weighted by Gasteiger charge is 2.54. The number of carbonyl (C=O) groups is 2. The lowest BCUT2D eigenvalue weighted by atomic mass is 10.1. The van der Waals surface area contributed by atoms with E-state index >= 15 is 0 Å². The van der Waals surface area contributed by atoms with Crippen LogP contribution in [0.4, 0.5) is 0 Å². The number of thiophene rings is 1. The Kier molecular flexibility index (Phi) is 5.50. The zero-order chi connectivity index (χ0) is 18.8. The minimum atomic E-state index is -3.91. The predicted molar refractivity (Wildman–Crippen MR) is 99.4 cm³/mol. The molecule has 0 bridgehead atoms. The van der Waals surface area contributed by atoms with Crippen LogP contribution in [0.5, 0.6) is 0 Å². The third kappa shape index (κ3) is 3.43. The molecule has 0 amide bonds. The summed E-state index contributed by atoms with van der Waals surface area (Å²) in [6.07, 6.45) is 1.63. The molecule has 1 aliphatic carbocycles. The van der Waals surface area contributed by atoms with E-state index in [1.807, 2.05) is 0 Å². The fourth-order valence-corrected chi connectivity index (χ4v) is 6.19. The average Bonchev–Trinajstić information content (AvgIpc) is 3.30. The van der Waals surface area contributed by atoms with Crippen LogP contribution in [0.15, 0.2) is 47.4 Å². The quantitative estimate of drug-likeness (QED) is 0.531. The van der Waals surface area contributed by atoms with Crippen LogP contribution in [0.2, 0.25) is 4.34 Å². The lowest BCUT2D eigenvalue weighted by Gasteiger charge is -2.26. The molecule has 1 aliphatic rings. The van der Waals surface area contributed by atoms with Crippen LogP contribution in [-0.2, 0) is 19.4 Å². The standard InChI is InChI=1S/C18H17ClO5S2/c19-16-9-8-15(25-16)14(20)12-24-17(21)18(10-4-5-11-18)26(22,23)13-6-2-1-3-7-13/h1-3,6-9H,4-5,10-12H2. The summed E-state index contributed by atoms with van der Waals surface area (Å²) in [6.45, 7) is -0.498. The van der Waals surface area contributed by atoms with Crippen molar-refractivity contribution in [1.82, 2.24) is 0 Å². The van der Waals surface area contributed by atoms with Gasteiger partial charge in [-0.1, -0.05) is 42.6 Å². The number of rotatable bonds is 6. The maximum Gasteiger partial charge on any atom is 0.328 e. The number of ether oxygens (including phenoxy) is 1. The summed E-state index contributed by atoms with van der Waals surface area (Å²) >= 11 is 6.89. The highest BCUT2D eigenvalue weighted by molar-refractivity contribution is 7.93. The van der Waals surface area contributed by atoms with Crippen LogP contribution in [-0.4, -0.2) is 31.5 Å². The molecule has 0 N–H and O–H groups in total. The maximum absolute atomic E-state index is 13.1. The molecule has 0 unspecified atom stereocenters. The Hall–Kier alpha value is -1.70. The van der Waals surface area contributed by atoms with Gasteiger partial charge in [0.2, 0.25) is 5.78 Å².